The van der Waals surface area contributed by atoms with Crippen molar-refractivity contribution in [3.63, 3.8) is 0 Å². The number of hydrogen-bond donors (Lipinski definition) is 2. The summed E-state index contributed by atoms with van der Waals surface area (Å²) in [6, 6.07) is 0. The molecule has 0 radical (unpaired) electrons. The first-order valence-corrected chi connectivity index (χ1v) is 7.23. The number of nitrogens with one attached hydrogen (secondary N) is 1. The van der Waals surface area contributed by atoms with Crippen LogP contribution in [-0.4, -0.2) is 28.9 Å². The molecule has 1 unspecified atom stereocenters. The lowest BCUT2D eigenvalue weighted by molar-refractivity contribution is 0.0952. The first kappa shape index (κ1) is 11.7. The van der Waals surface area contributed by atoms with E-state index in [0.29, 0.717) is 15.9 Å². The van der Waals surface area contributed by atoms with Gasteiger partial charge in [0.25, 0.3) is 5.91 Å². The number of anilines is 1. The molecule has 0 aromatic carbocycles. The molecular formula is C10H15N3OS2. The zero-order valence-electron chi connectivity index (χ0n) is 9.16. The van der Waals surface area contributed by atoms with Gasteiger partial charge in [0, 0.05) is 6.54 Å². The highest BCUT2D eigenvalue weighted by atomic mass is 32.2. The van der Waals surface area contributed by atoms with Crippen LogP contribution in [0.3, 0.4) is 0 Å². The number of nitrogens with two attached hydrogens (primary N) is 1. The van der Waals surface area contributed by atoms with Gasteiger partial charge in [-0.25, -0.2) is 4.98 Å². The maximum absolute atomic E-state index is 11.8. The molecule has 0 aliphatic carbocycles. The van der Waals surface area contributed by atoms with Crippen molar-refractivity contribution in [1.82, 2.24) is 10.3 Å². The Bertz CT molecular complexity index is 385. The molecule has 1 aliphatic heterocycles. The lowest BCUT2D eigenvalue weighted by atomic mass is 10.1. The van der Waals surface area contributed by atoms with Gasteiger partial charge in [0.1, 0.15) is 4.88 Å². The van der Waals surface area contributed by atoms with Crippen molar-refractivity contribution < 1.29 is 4.79 Å². The van der Waals surface area contributed by atoms with Crippen LogP contribution < -0.4 is 11.1 Å². The molecule has 1 amide bonds. The Kier molecular flexibility index (Phi) is 3.70. The van der Waals surface area contributed by atoms with Crippen molar-refractivity contribution in [3.05, 3.63) is 10.6 Å². The minimum Gasteiger partial charge on any atom is -0.375 e. The van der Waals surface area contributed by atoms with Crippen molar-refractivity contribution in [1.29, 1.82) is 0 Å². The molecular weight excluding hydrogens is 242 g/mol. The van der Waals surface area contributed by atoms with Gasteiger partial charge in [-0.3, -0.25) is 4.79 Å². The number of carbonyl (C=O) groups excluding carboxylic acids is 1. The van der Waals surface area contributed by atoms with E-state index in [2.05, 4.69) is 10.3 Å². The molecule has 88 valence electrons. The largest absolute Gasteiger partial charge is 0.375 e. The second kappa shape index (κ2) is 5.05. The predicted octanol–water partition coefficient (Wildman–Crippen LogP) is 1.52. The third-order valence-corrected chi connectivity index (χ3v) is 4.81. The Hall–Kier alpha value is -0.750. The third kappa shape index (κ3) is 2.68. The van der Waals surface area contributed by atoms with Gasteiger partial charge >= 0.3 is 0 Å². The van der Waals surface area contributed by atoms with Gasteiger partial charge < -0.3 is 11.1 Å². The summed E-state index contributed by atoms with van der Waals surface area (Å²) in [5.74, 6) is 2.96. The van der Waals surface area contributed by atoms with Gasteiger partial charge in [-0.1, -0.05) is 11.3 Å². The zero-order chi connectivity index (χ0) is 11.5. The second-order valence-electron chi connectivity index (χ2n) is 3.91. The Morgan fingerprint density at radius 3 is 3.06 bits per heavy atom. The number of nitrogen functional groups attached to an aromatic ring is 1. The zero-order valence-corrected chi connectivity index (χ0v) is 10.8. The van der Waals surface area contributed by atoms with Crippen molar-refractivity contribution in [3.8, 4) is 0 Å². The molecule has 6 heteroatoms. The second-order valence-corrected chi connectivity index (χ2v) is 6.09. The van der Waals surface area contributed by atoms with Crippen LogP contribution in [0.25, 0.3) is 0 Å². The molecule has 1 aliphatic rings. The van der Waals surface area contributed by atoms with E-state index >= 15 is 0 Å². The van der Waals surface area contributed by atoms with Crippen molar-refractivity contribution >= 4 is 34.1 Å². The summed E-state index contributed by atoms with van der Waals surface area (Å²) in [5, 5.41) is 3.42. The number of nitrogens with zero attached hydrogens (tertiary/aromatic N) is 1. The van der Waals surface area contributed by atoms with Gasteiger partial charge in [0.05, 0.1) is 5.69 Å². The smallest absolute Gasteiger partial charge is 0.263 e. The monoisotopic (exact) mass is 257 g/mol. The van der Waals surface area contributed by atoms with Crippen molar-refractivity contribution in [2.24, 2.45) is 5.92 Å². The van der Waals surface area contributed by atoms with E-state index in [4.69, 9.17) is 5.73 Å². The fraction of sp³-hybridized carbons (Fsp3) is 0.600. The summed E-state index contributed by atoms with van der Waals surface area (Å²) < 4.78 is 0. The standard InChI is InChI=1S/C10H15N3OS2/c1-6-8(16-10(11)13-6)9(14)12-4-7-2-3-15-5-7/h7H,2-5H2,1H3,(H2,11,13)(H,12,14). The van der Waals surface area contributed by atoms with E-state index in [9.17, 15) is 4.79 Å². The number of amides is 1. The minimum absolute atomic E-state index is 0.0383. The molecule has 1 aromatic heterocycles. The van der Waals surface area contributed by atoms with Gasteiger partial charge in [-0.15, -0.1) is 0 Å². The van der Waals surface area contributed by atoms with Gasteiger partial charge in [0.2, 0.25) is 0 Å². The Labute approximate surface area is 103 Å². The first-order valence-electron chi connectivity index (χ1n) is 5.25. The number of thiazole rings is 1. The van der Waals surface area contributed by atoms with Crippen LogP contribution in [-0.2, 0) is 0 Å². The van der Waals surface area contributed by atoms with Gasteiger partial charge in [-0.05, 0) is 30.8 Å². The highest BCUT2D eigenvalue weighted by Gasteiger charge is 2.18. The predicted molar refractivity (Wildman–Crippen MR) is 69.0 cm³/mol. The summed E-state index contributed by atoms with van der Waals surface area (Å²) in [6.07, 6.45) is 1.20. The van der Waals surface area contributed by atoms with Crippen LogP contribution in [0.5, 0.6) is 0 Å². The lowest BCUT2D eigenvalue weighted by Crippen LogP contribution is -2.29. The van der Waals surface area contributed by atoms with Gasteiger partial charge in [0.15, 0.2) is 5.13 Å². The molecule has 0 bridgehead atoms. The average molecular weight is 257 g/mol. The van der Waals surface area contributed by atoms with E-state index in [1.807, 2.05) is 18.7 Å². The molecule has 0 saturated carbocycles. The normalized spacial score (nSPS) is 19.9. The summed E-state index contributed by atoms with van der Waals surface area (Å²) in [6.45, 7) is 2.58. The molecule has 0 spiro atoms. The molecule has 4 nitrogen and oxygen atoms in total. The van der Waals surface area contributed by atoms with Gasteiger partial charge in [-0.2, -0.15) is 11.8 Å². The highest BCUT2D eigenvalue weighted by Crippen LogP contribution is 2.23. The molecule has 2 heterocycles. The number of thioether (sulfide) groups is 1. The first-order chi connectivity index (χ1) is 7.66. The SMILES string of the molecule is Cc1nc(N)sc1C(=O)NCC1CCSC1. The Morgan fingerprint density at radius 2 is 2.50 bits per heavy atom. The Balaban J connectivity index is 1.90. The van der Waals surface area contributed by atoms with Crippen molar-refractivity contribution in [2.45, 2.75) is 13.3 Å². The maximum Gasteiger partial charge on any atom is 0.263 e. The minimum atomic E-state index is -0.0383. The van der Waals surface area contributed by atoms with E-state index in [-0.39, 0.29) is 5.91 Å². The lowest BCUT2D eigenvalue weighted by Gasteiger charge is -2.08. The van der Waals surface area contributed by atoms with Crippen LogP contribution in [0.15, 0.2) is 0 Å². The topological polar surface area (TPSA) is 68.0 Å². The molecule has 1 saturated heterocycles. The van der Waals surface area contributed by atoms with E-state index in [1.165, 1.54) is 23.5 Å². The number of aryl methyl sites for hydroxylation is 1. The van der Waals surface area contributed by atoms with E-state index in [0.717, 1.165) is 18.0 Å². The Morgan fingerprint density at radius 1 is 1.69 bits per heavy atom. The maximum atomic E-state index is 11.8. The van der Waals surface area contributed by atoms with E-state index in [1.54, 1.807) is 0 Å². The van der Waals surface area contributed by atoms with Crippen LogP contribution >= 0.6 is 23.1 Å². The van der Waals surface area contributed by atoms with Crippen LogP contribution in [0.2, 0.25) is 0 Å². The number of rotatable bonds is 3. The van der Waals surface area contributed by atoms with Crippen LogP contribution in [0, 0.1) is 12.8 Å². The molecule has 16 heavy (non-hydrogen) atoms. The molecule has 3 N–H and O–H groups in total. The summed E-state index contributed by atoms with van der Waals surface area (Å²) in [4.78, 5) is 16.5. The summed E-state index contributed by atoms with van der Waals surface area (Å²) in [7, 11) is 0. The number of hydrogen-bond acceptors (Lipinski definition) is 5. The quantitative estimate of drug-likeness (QED) is 0.861. The van der Waals surface area contributed by atoms with Crippen molar-refractivity contribution in [2.75, 3.05) is 23.8 Å². The fourth-order valence-corrected chi connectivity index (χ4v) is 3.72. The number of aromatic nitrogens is 1. The molecule has 2 rings (SSSR count). The summed E-state index contributed by atoms with van der Waals surface area (Å²) in [5.41, 5.74) is 6.28. The summed E-state index contributed by atoms with van der Waals surface area (Å²) >= 11 is 3.21. The molecule has 1 atom stereocenters. The molecule has 1 aromatic rings. The average Bonchev–Trinajstić information content (AvgIpc) is 2.84. The van der Waals surface area contributed by atoms with Crippen LogP contribution in [0.4, 0.5) is 5.13 Å². The highest BCUT2D eigenvalue weighted by molar-refractivity contribution is 7.99. The van der Waals surface area contributed by atoms with Crippen LogP contribution in [0.1, 0.15) is 21.8 Å². The molecule has 1 fully saturated rings. The number of carbonyl (C=O) groups is 1. The fourth-order valence-electron chi connectivity index (χ4n) is 1.69. The van der Waals surface area contributed by atoms with E-state index < -0.39 is 0 Å². The third-order valence-electron chi connectivity index (χ3n) is 2.59.